The topological polar surface area (TPSA) is 69.4 Å². The van der Waals surface area contributed by atoms with Crippen LogP contribution in [0.1, 0.15) is 5.56 Å². The number of aliphatic hydroxyl groups is 1. The zero-order chi connectivity index (χ0) is 19.7. The van der Waals surface area contributed by atoms with E-state index in [2.05, 4.69) is 10.3 Å². The SMILES string of the molecule is O=C(Nc1cccc(F)c1F)C1=C[NH+]2CN(c3cccc(CO)c3)C=CC2=N1. The molecule has 8 heteroatoms. The Hall–Kier alpha value is -3.36. The number of aliphatic hydroxyl groups excluding tert-OH is 1. The van der Waals surface area contributed by atoms with Crippen LogP contribution in [0.15, 0.2) is 71.6 Å². The number of fused-ring (bicyclic) bond motifs is 1. The highest BCUT2D eigenvalue weighted by Crippen LogP contribution is 2.19. The first-order chi connectivity index (χ1) is 13.5. The van der Waals surface area contributed by atoms with Crippen LogP contribution >= 0.6 is 0 Å². The van der Waals surface area contributed by atoms with Crippen LogP contribution in [-0.4, -0.2) is 23.5 Å². The van der Waals surface area contributed by atoms with Crippen LogP contribution in [0.5, 0.6) is 0 Å². The molecule has 28 heavy (non-hydrogen) atoms. The monoisotopic (exact) mass is 383 g/mol. The highest BCUT2D eigenvalue weighted by atomic mass is 19.2. The van der Waals surface area contributed by atoms with E-state index < -0.39 is 17.5 Å². The number of anilines is 2. The molecule has 2 aliphatic heterocycles. The number of nitrogens with zero attached hydrogens (tertiary/aromatic N) is 2. The lowest BCUT2D eigenvalue weighted by Gasteiger charge is -2.26. The zero-order valence-electron chi connectivity index (χ0n) is 14.7. The van der Waals surface area contributed by atoms with Crippen LogP contribution in [0.3, 0.4) is 0 Å². The summed E-state index contributed by atoms with van der Waals surface area (Å²) in [4.78, 5) is 19.5. The quantitative estimate of drug-likeness (QED) is 0.750. The Labute approximate surface area is 159 Å². The smallest absolute Gasteiger partial charge is 0.280 e. The van der Waals surface area contributed by atoms with Gasteiger partial charge < -0.3 is 10.4 Å². The molecule has 0 fully saturated rings. The average Bonchev–Trinajstić information content (AvgIpc) is 3.15. The molecule has 0 radical (unpaired) electrons. The molecule has 6 nitrogen and oxygen atoms in total. The van der Waals surface area contributed by atoms with Crippen molar-refractivity contribution in [2.45, 2.75) is 6.61 Å². The van der Waals surface area contributed by atoms with E-state index in [9.17, 15) is 18.7 Å². The van der Waals surface area contributed by atoms with Crippen molar-refractivity contribution in [2.75, 3.05) is 16.9 Å². The first-order valence-electron chi connectivity index (χ1n) is 8.62. The molecule has 2 aliphatic rings. The third kappa shape index (κ3) is 3.42. The van der Waals surface area contributed by atoms with Crippen molar-refractivity contribution in [1.82, 2.24) is 0 Å². The summed E-state index contributed by atoms with van der Waals surface area (Å²) in [6.45, 7) is 0.449. The maximum atomic E-state index is 13.8. The average molecular weight is 383 g/mol. The van der Waals surface area contributed by atoms with E-state index in [0.717, 1.165) is 22.2 Å². The predicted octanol–water partition coefficient (Wildman–Crippen LogP) is 1.53. The van der Waals surface area contributed by atoms with Crippen LogP contribution in [-0.2, 0) is 11.4 Å². The molecular weight excluding hydrogens is 366 g/mol. The minimum absolute atomic E-state index is 0.0461. The molecule has 0 aliphatic carbocycles. The summed E-state index contributed by atoms with van der Waals surface area (Å²) in [5, 5.41) is 11.7. The summed E-state index contributed by atoms with van der Waals surface area (Å²) in [7, 11) is 0. The number of amides is 1. The lowest BCUT2D eigenvalue weighted by molar-refractivity contribution is -0.742. The second kappa shape index (κ2) is 7.34. The fourth-order valence-corrected chi connectivity index (χ4v) is 3.05. The highest BCUT2D eigenvalue weighted by molar-refractivity contribution is 6.06. The first-order valence-corrected chi connectivity index (χ1v) is 8.62. The summed E-state index contributed by atoms with van der Waals surface area (Å²) in [6, 6.07) is 11.1. The normalized spacial score (nSPS) is 17.8. The number of hydrogen-bond donors (Lipinski definition) is 3. The molecule has 2 aromatic carbocycles. The largest absolute Gasteiger partial charge is 0.392 e. The van der Waals surface area contributed by atoms with E-state index in [4.69, 9.17) is 0 Å². The standard InChI is InChI=1S/C20H16F2N4O2/c21-15-5-2-6-16(19(15)22)24-20(28)17-10-26-12-25(8-7-18(26)23-17)14-4-1-3-13(9-14)11-27/h1-10,27H,11-12H2,(H,24,28)/p+1. The second-order valence-electron chi connectivity index (χ2n) is 6.38. The van der Waals surface area contributed by atoms with Crippen LogP contribution in [0.25, 0.3) is 0 Å². The van der Waals surface area contributed by atoms with Gasteiger partial charge in [-0.05, 0) is 29.8 Å². The third-order valence-corrected chi connectivity index (χ3v) is 4.49. The lowest BCUT2D eigenvalue weighted by Crippen LogP contribution is -3.11. The van der Waals surface area contributed by atoms with E-state index >= 15 is 0 Å². The van der Waals surface area contributed by atoms with Crippen molar-refractivity contribution in [2.24, 2.45) is 4.99 Å². The Bertz CT molecular complexity index is 1030. The number of carbonyl (C=O) groups is 1. The van der Waals surface area contributed by atoms with Gasteiger partial charge in [0.2, 0.25) is 5.84 Å². The summed E-state index contributed by atoms with van der Waals surface area (Å²) in [5.41, 5.74) is 1.60. The van der Waals surface area contributed by atoms with Gasteiger partial charge in [-0.1, -0.05) is 18.2 Å². The van der Waals surface area contributed by atoms with Crippen molar-refractivity contribution in [3.63, 3.8) is 0 Å². The molecule has 2 heterocycles. The minimum Gasteiger partial charge on any atom is -0.392 e. The fraction of sp³-hybridized carbons (Fsp3) is 0.100. The molecule has 0 spiro atoms. The highest BCUT2D eigenvalue weighted by Gasteiger charge is 2.30. The number of amidine groups is 1. The number of quaternary nitrogens is 1. The van der Waals surface area contributed by atoms with Gasteiger partial charge in [0.1, 0.15) is 6.20 Å². The molecule has 1 unspecified atom stereocenters. The van der Waals surface area contributed by atoms with Crippen molar-refractivity contribution >= 4 is 23.1 Å². The maximum absolute atomic E-state index is 13.8. The van der Waals surface area contributed by atoms with Crippen molar-refractivity contribution in [1.29, 1.82) is 0 Å². The number of aliphatic imine (C=N–C) groups is 1. The molecule has 1 atom stereocenters. The third-order valence-electron chi connectivity index (χ3n) is 4.49. The van der Waals surface area contributed by atoms with Crippen LogP contribution < -0.4 is 15.1 Å². The molecule has 0 aromatic heterocycles. The molecule has 4 rings (SSSR count). The number of hydrogen-bond acceptors (Lipinski definition) is 4. The second-order valence-corrected chi connectivity index (χ2v) is 6.38. The van der Waals surface area contributed by atoms with Gasteiger partial charge in [-0.2, -0.15) is 4.99 Å². The molecule has 3 N–H and O–H groups in total. The molecule has 0 saturated carbocycles. The molecule has 0 saturated heterocycles. The van der Waals surface area contributed by atoms with Crippen LogP contribution in [0.4, 0.5) is 20.2 Å². The van der Waals surface area contributed by atoms with E-state index in [1.807, 2.05) is 35.4 Å². The van der Waals surface area contributed by atoms with Gasteiger partial charge in [-0.3, -0.25) is 9.69 Å². The Balaban J connectivity index is 1.50. The zero-order valence-corrected chi connectivity index (χ0v) is 14.7. The van der Waals surface area contributed by atoms with Crippen molar-refractivity contribution < 1.29 is 23.6 Å². The van der Waals surface area contributed by atoms with Gasteiger partial charge in [-0.25, -0.2) is 13.7 Å². The van der Waals surface area contributed by atoms with E-state index in [1.165, 1.54) is 12.1 Å². The van der Waals surface area contributed by atoms with Crippen LogP contribution in [0, 0.1) is 11.6 Å². The number of nitrogens with one attached hydrogen (secondary N) is 2. The van der Waals surface area contributed by atoms with Crippen molar-refractivity contribution in [3.8, 4) is 0 Å². The van der Waals surface area contributed by atoms with Crippen LogP contribution in [0.2, 0.25) is 0 Å². The number of rotatable bonds is 4. The molecule has 142 valence electrons. The van der Waals surface area contributed by atoms with Gasteiger partial charge in [0.25, 0.3) is 5.91 Å². The fourth-order valence-electron chi connectivity index (χ4n) is 3.05. The molecular formula is C20H17F2N4O2+. The summed E-state index contributed by atoms with van der Waals surface area (Å²) < 4.78 is 27.1. The number of carbonyl (C=O) groups excluding carboxylic acids is 1. The summed E-state index contributed by atoms with van der Waals surface area (Å²) in [5.74, 6) is -2.10. The van der Waals surface area contributed by atoms with Gasteiger partial charge in [0.05, 0.1) is 12.3 Å². The summed E-state index contributed by atoms with van der Waals surface area (Å²) in [6.07, 6.45) is 5.26. The van der Waals surface area contributed by atoms with Gasteiger partial charge in [-0.15, -0.1) is 0 Å². The van der Waals surface area contributed by atoms with Gasteiger partial charge >= 0.3 is 0 Å². The Kier molecular flexibility index (Phi) is 4.72. The Morgan fingerprint density at radius 1 is 1.25 bits per heavy atom. The van der Waals surface area contributed by atoms with Gasteiger partial charge in [0, 0.05) is 18.0 Å². The number of halogens is 2. The predicted molar refractivity (Wildman–Crippen MR) is 100 cm³/mol. The summed E-state index contributed by atoms with van der Waals surface area (Å²) >= 11 is 0. The van der Waals surface area contributed by atoms with E-state index in [-0.39, 0.29) is 18.0 Å². The molecule has 1 amide bonds. The van der Waals surface area contributed by atoms with Gasteiger partial charge in [0.15, 0.2) is 24.0 Å². The van der Waals surface area contributed by atoms with E-state index in [1.54, 1.807) is 12.3 Å². The first kappa shape index (κ1) is 18.0. The Morgan fingerprint density at radius 3 is 2.89 bits per heavy atom. The Morgan fingerprint density at radius 2 is 2.07 bits per heavy atom. The van der Waals surface area contributed by atoms with E-state index in [0.29, 0.717) is 12.5 Å². The maximum Gasteiger partial charge on any atom is 0.280 e. The molecule has 0 bridgehead atoms. The lowest BCUT2D eigenvalue weighted by atomic mass is 10.2. The number of benzene rings is 2. The molecule has 2 aromatic rings. The minimum atomic E-state index is -1.11. The van der Waals surface area contributed by atoms with Crippen molar-refractivity contribution in [3.05, 3.63) is 83.8 Å².